The monoisotopic (exact) mass is 244 g/mol. The van der Waals surface area contributed by atoms with Crippen LogP contribution in [0, 0.1) is 0 Å². The number of carbonyl (C=O) groups is 1. The summed E-state index contributed by atoms with van der Waals surface area (Å²) in [6, 6.07) is 0.167. The van der Waals surface area contributed by atoms with E-state index in [1.807, 2.05) is 13.8 Å². The topological polar surface area (TPSA) is 46.3 Å². The Hall–Kier alpha value is -0.640. The molecule has 16 heavy (non-hydrogen) atoms. The number of nitrogens with two attached hydrogens (primary N) is 1. The Balaban J connectivity index is 4.02. The molecule has 0 heterocycles. The van der Waals surface area contributed by atoms with Gasteiger partial charge in [0.25, 0.3) is 0 Å². The third-order valence-corrected chi connectivity index (χ3v) is 2.64. The molecule has 0 unspecified atom stereocenters. The maximum Gasteiger partial charge on any atom is 0.223 e. The molecule has 0 bridgehead atoms. The molecule has 0 atom stereocenters. The number of amides is 1. The smallest absolute Gasteiger partial charge is 0.223 e. The highest BCUT2D eigenvalue weighted by Crippen LogP contribution is 2.07. The summed E-state index contributed by atoms with van der Waals surface area (Å²) in [5.41, 5.74) is 5.48. The molecule has 0 saturated carbocycles. The number of hydrogen-bond donors (Lipinski definition) is 1. The number of rotatable bonds is 8. The van der Waals surface area contributed by atoms with Crippen LogP contribution < -0.4 is 5.73 Å². The van der Waals surface area contributed by atoms with Gasteiger partial charge in [-0.25, -0.2) is 0 Å². The van der Waals surface area contributed by atoms with Gasteiger partial charge >= 0.3 is 0 Å². The summed E-state index contributed by atoms with van der Waals surface area (Å²) in [4.78, 5) is 14.0. The summed E-state index contributed by atoms with van der Waals surface area (Å²) >= 11 is 4.85. The molecule has 0 rings (SSSR count). The number of carbonyl (C=O) groups excluding carboxylic acids is 1. The van der Waals surface area contributed by atoms with Crippen molar-refractivity contribution < 1.29 is 4.79 Å². The summed E-state index contributed by atoms with van der Waals surface area (Å²) in [6.45, 7) is 6.54. The first kappa shape index (κ1) is 15.4. The summed E-state index contributed by atoms with van der Waals surface area (Å²) in [7, 11) is 0. The van der Waals surface area contributed by atoms with Gasteiger partial charge in [0.1, 0.15) is 0 Å². The summed E-state index contributed by atoms with van der Waals surface area (Å²) in [5.74, 6) is 0.166. The molecule has 0 aliphatic heterocycles. The minimum absolute atomic E-state index is 0.166. The Morgan fingerprint density at radius 3 is 2.38 bits per heavy atom. The Morgan fingerprint density at radius 1 is 1.31 bits per heavy atom. The number of unbranched alkanes of at least 4 members (excludes halogenated alkanes) is 3. The van der Waals surface area contributed by atoms with Crippen molar-refractivity contribution in [1.29, 1.82) is 0 Å². The van der Waals surface area contributed by atoms with Crippen molar-refractivity contribution in [2.24, 2.45) is 5.73 Å². The van der Waals surface area contributed by atoms with Crippen LogP contribution in [0.3, 0.4) is 0 Å². The normalized spacial score (nSPS) is 10.5. The molecule has 4 heteroatoms. The molecule has 0 aromatic rings. The molecule has 2 N–H and O–H groups in total. The summed E-state index contributed by atoms with van der Waals surface area (Å²) in [5, 5.41) is 0. The second-order valence-corrected chi connectivity index (χ2v) is 4.92. The van der Waals surface area contributed by atoms with Crippen molar-refractivity contribution in [2.45, 2.75) is 58.9 Å². The number of nitrogens with zero attached hydrogens (tertiary/aromatic N) is 1. The molecule has 0 saturated heterocycles. The Morgan fingerprint density at radius 2 is 1.94 bits per heavy atom. The standard InChI is InChI=1S/C12H24N2OS/c1-4-5-6-7-8-12(15)14(10(2)3)9-11(13)16/h10H,4-9H2,1-3H3,(H2,13,16). The van der Waals surface area contributed by atoms with E-state index in [4.69, 9.17) is 18.0 Å². The van der Waals surface area contributed by atoms with E-state index in [0.717, 1.165) is 12.8 Å². The van der Waals surface area contributed by atoms with Gasteiger partial charge in [-0.05, 0) is 20.3 Å². The maximum absolute atomic E-state index is 11.9. The highest BCUT2D eigenvalue weighted by Gasteiger charge is 2.16. The largest absolute Gasteiger partial charge is 0.392 e. The number of hydrogen-bond acceptors (Lipinski definition) is 2. The van der Waals surface area contributed by atoms with Gasteiger partial charge < -0.3 is 10.6 Å². The van der Waals surface area contributed by atoms with Gasteiger partial charge in [0.05, 0.1) is 11.5 Å². The van der Waals surface area contributed by atoms with Crippen LogP contribution >= 0.6 is 12.2 Å². The van der Waals surface area contributed by atoms with Gasteiger partial charge in [-0.3, -0.25) is 4.79 Å². The second-order valence-electron chi connectivity index (χ2n) is 4.39. The van der Waals surface area contributed by atoms with Gasteiger partial charge in [0.2, 0.25) is 5.91 Å². The fourth-order valence-corrected chi connectivity index (χ4v) is 1.71. The average Bonchev–Trinajstić information content (AvgIpc) is 2.20. The second kappa shape index (κ2) is 8.50. The lowest BCUT2D eigenvalue weighted by atomic mass is 10.1. The summed E-state index contributed by atoms with van der Waals surface area (Å²) in [6.07, 6.45) is 5.09. The third kappa shape index (κ3) is 6.77. The molecule has 0 aromatic carbocycles. The van der Waals surface area contributed by atoms with Crippen LogP contribution in [0.1, 0.15) is 52.9 Å². The first-order valence-corrected chi connectivity index (χ1v) is 6.47. The van der Waals surface area contributed by atoms with Crippen LogP contribution in [-0.2, 0) is 4.79 Å². The van der Waals surface area contributed by atoms with Crippen LogP contribution in [0.4, 0.5) is 0 Å². The van der Waals surface area contributed by atoms with Crippen molar-refractivity contribution in [3.8, 4) is 0 Å². The highest BCUT2D eigenvalue weighted by atomic mass is 32.1. The Bertz CT molecular complexity index is 229. The first-order chi connectivity index (χ1) is 7.49. The van der Waals surface area contributed by atoms with Crippen molar-refractivity contribution in [2.75, 3.05) is 6.54 Å². The van der Waals surface area contributed by atoms with Gasteiger partial charge in [0.15, 0.2) is 0 Å². The Labute approximate surface area is 104 Å². The van der Waals surface area contributed by atoms with E-state index in [2.05, 4.69) is 6.92 Å². The van der Waals surface area contributed by atoms with E-state index >= 15 is 0 Å². The molecule has 0 spiro atoms. The quantitative estimate of drug-likeness (QED) is 0.527. The SMILES string of the molecule is CCCCCCC(=O)N(CC(N)=S)C(C)C. The lowest BCUT2D eigenvalue weighted by molar-refractivity contribution is -0.132. The zero-order valence-electron chi connectivity index (χ0n) is 10.7. The van der Waals surface area contributed by atoms with Gasteiger partial charge in [-0.2, -0.15) is 0 Å². The molecule has 0 aromatic heterocycles. The molecule has 0 aliphatic rings. The van der Waals surface area contributed by atoms with Crippen molar-refractivity contribution in [3.05, 3.63) is 0 Å². The van der Waals surface area contributed by atoms with Gasteiger partial charge in [0, 0.05) is 12.5 Å². The third-order valence-electron chi connectivity index (χ3n) is 2.51. The van der Waals surface area contributed by atoms with Crippen molar-refractivity contribution in [1.82, 2.24) is 4.90 Å². The predicted molar refractivity (Wildman–Crippen MR) is 72.4 cm³/mol. The van der Waals surface area contributed by atoms with E-state index in [9.17, 15) is 4.79 Å². The van der Waals surface area contributed by atoms with Gasteiger partial charge in [-0.1, -0.05) is 38.4 Å². The maximum atomic E-state index is 11.9. The van der Waals surface area contributed by atoms with Crippen molar-refractivity contribution in [3.63, 3.8) is 0 Å². The fourth-order valence-electron chi connectivity index (χ4n) is 1.57. The first-order valence-electron chi connectivity index (χ1n) is 6.06. The lowest BCUT2D eigenvalue weighted by Gasteiger charge is -2.26. The van der Waals surface area contributed by atoms with Crippen molar-refractivity contribution >= 4 is 23.1 Å². The van der Waals surface area contributed by atoms with Gasteiger partial charge in [-0.15, -0.1) is 0 Å². The van der Waals surface area contributed by atoms with Crippen LogP contribution in [-0.4, -0.2) is 28.4 Å². The molecule has 3 nitrogen and oxygen atoms in total. The predicted octanol–water partition coefficient (Wildman–Crippen LogP) is 2.48. The van der Waals surface area contributed by atoms with Crippen LogP contribution in [0.5, 0.6) is 0 Å². The van der Waals surface area contributed by atoms with Crippen LogP contribution in [0.25, 0.3) is 0 Å². The molecule has 94 valence electrons. The minimum Gasteiger partial charge on any atom is -0.392 e. The van der Waals surface area contributed by atoms with E-state index in [0.29, 0.717) is 18.0 Å². The zero-order valence-corrected chi connectivity index (χ0v) is 11.5. The van der Waals surface area contributed by atoms with E-state index in [1.54, 1.807) is 4.90 Å². The highest BCUT2D eigenvalue weighted by molar-refractivity contribution is 7.80. The van der Waals surface area contributed by atoms with E-state index in [1.165, 1.54) is 12.8 Å². The van der Waals surface area contributed by atoms with E-state index < -0.39 is 0 Å². The molecular weight excluding hydrogens is 220 g/mol. The van der Waals surface area contributed by atoms with Crippen LogP contribution in [0.2, 0.25) is 0 Å². The molecule has 0 aliphatic carbocycles. The zero-order chi connectivity index (χ0) is 12.6. The lowest BCUT2D eigenvalue weighted by Crippen LogP contribution is -2.42. The fraction of sp³-hybridized carbons (Fsp3) is 0.833. The molecular formula is C12H24N2OS. The molecule has 0 fully saturated rings. The Kier molecular flexibility index (Phi) is 8.16. The molecule has 0 radical (unpaired) electrons. The molecule has 1 amide bonds. The minimum atomic E-state index is 0.166. The average molecular weight is 244 g/mol. The van der Waals surface area contributed by atoms with Crippen LogP contribution in [0.15, 0.2) is 0 Å². The number of thiocarbonyl (C=S) groups is 1. The summed E-state index contributed by atoms with van der Waals surface area (Å²) < 4.78 is 0. The van der Waals surface area contributed by atoms with E-state index in [-0.39, 0.29) is 11.9 Å².